The number of aromatic carboxylic acids is 1. The maximum Gasteiger partial charge on any atom is 0.336 e. The van der Waals surface area contributed by atoms with Crippen LogP contribution < -0.4 is 0 Å². The zero-order valence-electron chi connectivity index (χ0n) is 7.88. The maximum atomic E-state index is 10.8. The van der Waals surface area contributed by atoms with Gasteiger partial charge in [0.1, 0.15) is 6.79 Å². The summed E-state index contributed by atoms with van der Waals surface area (Å²) < 4.78 is 0. The Labute approximate surface area is 86.2 Å². The highest BCUT2D eigenvalue weighted by Gasteiger charge is 2.06. The second kappa shape index (κ2) is 4.85. The number of benzene rings is 1. The molecule has 0 amide bonds. The molecule has 0 aliphatic heterocycles. The van der Waals surface area contributed by atoms with Gasteiger partial charge in [-0.15, -0.1) is 0 Å². The lowest BCUT2D eigenvalue weighted by atomic mass is 10.1. The average Bonchev–Trinajstić information content (AvgIpc) is 2.31. The Bertz CT molecular complexity index is 477. The number of nitrogens with zero attached hydrogens (tertiary/aromatic N) is 1. The predicted octanol–water partition coefficient (Wildman–Crippen LogP) is 1.75. The van der Waals surface area contributed by atoms with Crippen LogP contribution in [0.25, 0.3) is 10.9 Å². The molecule has 0 aliphatic carbocycles. The van der Waals surface area contributed by atoms with Crippen LogP contribution in [0.5, 0.6) is 0 Å². The number of hydrogen-bond acceptors (Lipinski definition) is 3. The first-order chi connectivity index (χ1) is 7.29. The van der Waals surface area contributed by atoms with Gasteiger partial charge in [0.15, 0.2) is 0 Å². The topological polar surface area (TPSA) is 67.3 Å². The molecule has 0 aliphatic rings. The van der Waals surface area contributed by atoms with Gasteiger partial charge in [-0.3, -0.25) is 4.98 Å². The fourth-order valence-corrected chi connectivity index (χ4v) is 1.28. The van der Waals surface area contributed by atoms with Crippen molar-refractivity contribution in [3.63, 3.8) is 0 Å². The smallest absolute Gasteiger partial charge is 0.336 e. The van der Waals surface area contributed by atoms with Gasteiger partial charge in [0.05, 0.1) is 11.1 Å². The molecule has 0 fully saturated rings. The largest absolute Gasteiger partial charge is 0.478 e. The first-order valence-electron chi connectivity index (χ1n) is 4.15. The van der Waals surface area contributed by atoms with Crippen molar-refractivity contribution in [1.29, 1.82) is 0 Å². The summed E-state index contributed by atoms with van der Waals surface area (Å²) in [4.78, 5) is 22.8. The number of rotatable bonds is 1. The molecule has 1 aromatic heterocycles. The molecule has 2 aromatic rings. The van der Waals surface area contributed by atoms with Crippen LogP contribution in [-0.2, 0) is 4.79 Å². The Balaban J connectivity index is 0.000000531. The molecule has 0 radical (unpaired) electrons. The molecule has 1 heterocycles. The fraction of sp³-hybridized carbons (Fsp3) is 0. The van der Waals surface area contributed by atoms with E-state index < -0.39 is 5.97 Å². The summed E-state index contributed by atoms with van der Waals surface area (Å²) in [6, 6.07) is 8.69. The van der Waals surface area contributed by atoms with Crippen LogP contribution in [0.4, 0.5) is 0 Å². The van der Waals surface area contributed by atoms with E-state index in [0.29, 0.717) is 16.5 Å². The normalized spacial score (nSPS) is 9.07. The van der Waals surface area contributed by atoms with Crippen LogP contribution in [0.3, 0.4) is 0 Å². The fourth-order valence-electron chi connectivity index (χ4n) is 1.28. The molecule has 0 atom stereocenters. The maximum absolute atomic E-state index is 10.8. The third kappa shape index (κ3) is 2.17. The van der Waals surface area contributed by atoms with E-state index in [1.807, 2.05) is 12.9 Å². The summed E-state index contributed by atoms with van der Waals surface area (Å²) >= 11 is 0. The molecular formula is C11H9NO3. The first kappa shape index (κ1) is 10.8. The minimum absolute atomic E-state index is 0.297. The second-order valence-corrected chi connectivity index (χ2v) is 2.68. The zero-order valence-corrected chi connectivity index (χ0v) is 7.88. The number of carboxylic acid groups (broad SMARTS) is 1. The number of fused-ring (bicyclic) bond motifs is 1. The van der Waals surface area contributed by atoms with Crippen LogP contribution in [0.15, 0.2) is 36.5 Å². The monoisotopic (exact) mass is 203 g/mol. The Morgan fingerprint density at radius 2 is 1.87 bits per heavy atom. The molecule has 76 valence electrons. The number of para-hydroxylation sites is 1. The molecule has 15 heavy (non-hydrogen) atoms. The Morgan fingerprint density at radius 3 is 2.53 bits per heavy atom. The van der Waals surface area contributed by atoms with Crippen molar-refractivity contribution in [2.45, 2.75) is 0 Å². The van der Waals surface area contributed by atoms with E-state index in [4.69, 9.17) is 9.90 Å². The van der Waals surface area contributed by atoms with Crippen LogP contribution in [-0.4, -0.2) is 22.8 Å². The average molecular weight is 203 g/mol. The standard InChI is InChI=1S/C10H7NO2.CH2O/c12-10(13)8-5-6-11-9-4-2-1-3-7(8)9;1-2/h1-6H,(H,12,13);1H2. The van der Waals surface area contributed by atoms with Crippen molar-refractivity contribution in [2.24, 2.45) is 0 Å². The van der Waals surface area contributed by atoms with Gasteiger partial charge in [-0.2, -0.15) is 0 Å². The molecular weight excluding hydrogens is 194 g/mol. The van der Waals surface area contributed by atoms with Crippen LogP contribution in [0.1, 0.15) is 10.4 Å². The predicted molar refractivity (Wildman–Crippen MR) is 55.8 cm³/mol. The van der Waals surface area contributed by atoms with Crippen LogP contribution >= 0.6 is 0 Å². The van der Waals surface area contributed by atoms with Gasteiger partial charge in [-0.05, 0) is 12.1 Å². The minimum atomic E-state index is -0.918. The van der Waals surface area contributed by atoms with E-state index >= 15 is 0 Å². The molecule has 0 saturated heterocycles. The summed E-state index contributed by atoms with van der Waals surface area (Å²) in [5.41, 5.74) is 1.01. The molecule has 0 saturated carbocycles. The van der Waals surface area contributed by atoms with Crippen molar-refractivity contribution in [1.82, 2.24) is 4.98 Å². The molecule has 4 nitrogen and oxygen atoms in total. The van der Waals surface area contributed by atoms with Crippen LogP contribution in [0.2, 0.25) is 0 Å². The SMILES string of the molecule is C=O.O=C(O)c1ccnc2ccccc12. The third-order valence-corrected chi connectivity index (χ3v) is 1.88. The van der Waals surface area contributed by atoms with Gasteiger partial charge in [-0.25, -0.2) is 4.79 Å². The van der Waals surface area contributed by atoms with E-state index in [2.05, 4.69) is 4.98 Å². The molecule has 4 heteroatoms. The second-order valence-electron chi connectivity index (χ2n) is 2.68. The number of carbonyl (C=O) groups is 2. The van der Waals surface area contributed by atoms with Crippen molar-refractivity contribution in [3.8, 4) is 0 Å². The van der Waals surface area contributed by atoms with Gasteiger partial charge in [0.2, 0.25) is 0 Å². The van der Waals surface area contributed by atoms with E-state index in [9.17, 15) is 4.79 Å². The Hall–Kier alpha value is -2.23. The Morgan fingerprint density at radius 1 is 1.20 bits per heavy atom. The number of carboxylic acids is 1. The number of hydrogen-bond donors (Lipinski definition) is 1. The summed E-state index contributed by atoms with van der Waals surface area (Å²) in [5, 5.41) is 9.53. The van der Waals surface area contributed by atoms with Crippen molar-refractivity contribution < 1.29 is 14.7 Å². The lowest BCUT2D eigenvalue weighted by Crippen LogP contribution is -1.97. The molecule has 1 N–H and O–H groups in total. The van der Waals surface area contributed by atoms with Gasteiger partial charge in [0.25, 0.3) is 0 Å². The highest BCUT2D eigenvalue weighted by Crippen LogP contribution is 2.15. The van der Waals surface area contributed by atoms with Gasteiger partial charge >= 0.3 is 5.97 Å². The molecule has 1 aromatic carbocycles. The molecule has 0 bridgehead atoms. The highest BCUT2D eigenvalue weighted by atomic mass is 16.4. The van der Waals surface area contributed by atoms with E-state index in [1.54, 1.807) is 18.2 Å². The Kier molecular flexibility index (Phi) is 3.51. The van der Waals surface area contributed by atoms with Crippen LogP contribution in [0, 0.1) is 0 Å². The quantitative estimate of drug-likeness (QED) is 0.766. The summed E-state index contributed by atoms with van der Waals surface area (Å²) in [5.74, 6) is -0.918. The number of pyridine rings is 1. The molecule has 0 spiro atoms. The summed E-state index contributed by atoms with van der Waals surface area (Å²) in [6.07, 6.45) is 1.51. The van der Waals surface area contributed by atoms with Gasteiger partial charge < -0.3 is 9.90 Å². The number of aromatic nitrogens is 1. The lowest BCUT2D eigenvalue weighted by molar-refractivity contribution is -0.0980. The van der Waals surface area contributed by atoms with E-state index in [-0.39, 0.29) is 0 Å². The third-order valence-electron chi connectivity index (χ3n) is 1.88. The van der Waals surface area contributed by atoms with Crippen molar-refractivity contribution in [3.05, 3.63) is 42.1 Å². The highest BCUT2D eigenvalue weighted by molar-refractivity contribution is 6.02. The van der Waals surface area contributed by atoms with Gasteiger partial charge in [-0.1, -0.05) is 18.2 Å². The van der Waals surface area contributed by atoms with Crippen molar-refractivity contribution in [2.75, 3.05) is 0 Å². The van der Waals surface area contributed by atoms with E-state index in [1.165, 1.54) is 12.3 Å². The lowest BCUT2D eigenvalue weighted by Gasteiger charge is -1.99. The van der Waals surface area contributed by atoms with Crippen molar-refractivity contribution >= 4 is 23.7 Å². The summed E-state index contributed by atoms with van der Waals surface area (Å²) in [6.45, 7) is 2.00. The minimum Gasteiger partial charge on any atom is -0.478 e. The van der Waals surface area contributed by atoms with Gasteiger partial charge in [0, 0.05) is 11.6 Å². The van der Waals surface area contributed by atoms with E-state index in [0.717, 1.165) is 0 Å². The number of carbonyl (C=O) groups excluding carboxylic acids is 1. The molecule has 0 unspecified atom stereocenters. The summed E-state index contributed by atoms with van der Waals surface area (Å²) in [7, 11) is 0. The first-order valence-corrected chi connectivity index (χ1v) is 4.15. The molecule has 2 rings (SSSR count). The zero-order chi connectivity index (χ0) is 11.3.